The van der Waals surface area contributed by atoms with Crippen LogP contribution >= 0.6 is 0 Å². The number of likely N-dealkylation sites (N-methyl/N-ethyl adjacent to an activating group) is 1. The lowest BCUT2D eigenvalue weighted by Gasteiger charge is -2.28. The molecule has 20 heavy (non-hydrogen) atoms. The lowest BCUT2D eigenvalue weighted by molar-refractivity contribution is 0.187. The Balaban J connectivity index is 2.16. The zero-order chi connectivity index (χ0) is 15.0. The number of rotatable bonds is 10. The molecular formula is C17H37N3. The topological polar surface area (TPSA) is 18.5 Å². The van der Waals surface area contributed by atoms with E-state index in [1.807, 2.05) is 0 Å². The fraction of sp³-hybridized carbons (Fsp3) is 1.00. The quantitative estimate of drug-likeness (QED) is 0.622. The Labute approximate surface area is 127 Å². The molecular weight excluding hydrogens is 246 g/mol. The van der Waals surface area contributed by atoms with Gasteiger partial charge in [-0.15, -0.1) is 0 Å². The van der Waals surface area contributed by atoms with E-state index in [-0.39, 0.29) is 0 Å². The Morgan fingerprint density at radius 2 is 1.90 bits per heavy atom. The van der Waals surface area contributed by atoms with Crippen LogP contribution in [0.3, 0.4) is 0 Å². The molecule has 1 aliphatic rings. The van der Waals surface area contributed by atoms with E-state index in [4.69, 9.17) is 0 Å². The summed E-state index contributed by atoms with van der Waals surface area (Å²) in [6.07, 6.45) is 3.99. The summed E-state index contributed by atoms with van der Waals surface area (Å²) in [4.78, 5) is 5.32. The first kappa shape index (κ1) is 17.9. The van der Waals surface area contributed by atoms with Crippen LogP contribution in [0, 0.1) is 5.92 Å². The highest BCUT2D eigenvalue weighted by Crippen LogP contribution is 2.19. The van der Waals surface area contributed by atoms with Crippen LogP contribution in [-0.2, 0) is 0 Å². The first-order valence-electron chi connectivity index (χ1n) is 8.77. The van der Waals surface area contributed by atoms with Gasteiger partial charge in [-0.25, -0.2) is 0 Å². The minimum absolute atomic E-state index is 0.747. The van der Waals surface area contributed by atoms with Crippen LogP contribution in [0.2, 0.25) is 0 Å². The Morgan fingerprint density at radius 1 is 1.20 bits per heavy atom. The third-order valence-electron chi connectivity index (χ3n) is 4.67. The fourth-order valence-corrected chi connectivity index (χ4v) is 3.30. The Kier molecular flexibility index (Phi) is 8.74. The van der Waals surface area contributed by atoms with Gasteiger partial charge in [-0.3, -0.25) is 9.80 Å². The Bertz CT molecular complexity index is 238. The maximum absolute atomic E-state index is 3.55. The SMILES string of the molecule is CCN(CC)C1CCN(C(C)CCCNCC(C)C)C1. The molecule has 1 aliphatic heterocycles. The summed E-state index contributed by atoms with van der Waals surface area (Å²) in [5, 5.41) is 3.55. The lowest BCUT2D eigenvalue weighted by Crippen LogP contribution is -2.39. The molecule has 1 heterocycles. The predicted molar refractivity (Wildman–Crippen MR) is 89.3 cm³/mol. The molecule has 0 amide bonds. The van der Waals surface area contributed by atoms with E-state index >= 15 is 0 Å². The summed E-state index contributed by atoms with van der Waals surface area (Å²) < 4.78 is 0. The van der Waals surface area contributed by atoms with Gasteiger partial charge in [-0.05, 0) is 58.3 Å². The molecule has 0 saturated carbocycles. The molecule has 1 N–H and O–H groups in total. The molecule has 0 aliphatic carbocycles. The molecule has 120 valence electrons. The molecule has 0 spiro atoms. The average Bonchev–Trinajstić information content (AvgIpc) is 2.89. The zero-order valence-corrected chi connectivity index (χ0v) is 14.5. The second kappa shape index (κ2) is 9.75. The van der Waals surface area contributed by atoms with Gasteiger partial charge in [0.05, 0.1) is 0 Å². The van der Waals surface area contributed by atoms with Crippen LogP contribution in [0.5, 0.6) is 0 Å². The van der Waals surface area contributed by atoms with Gasteiger partial charge in [0.2, 0.25) is 0 Å². The third kappa shape index (κ3) is 6.11. The van der Waals surface area contributed by atoms with Gasteiger partial charge in [0, 0.05) is 25.2 Å². The summed E-state index contributed by atoms with van der Waals surface area (Å²) in [6, 6.07) is 1.54. The molecule has 1 saturated heterocycles. The van der Waals surface area contributed by atoms with Crippen LogP contribution in [0.1, 0.15) is 53.9 Å². The Hall–Kier alpha value is -0.120. The van der Waals surface area contributed by atoms with Crippen molar-refractivity contribution < 1.29 is 0 Å². The van der Waals surface area contributed by atoms with Crippen LogP contribution in [-0.4, -0.2) is 61.2 Å². The number of hydrogen-bond donors (Lipinski definition) is 1. The maximum atomic E-state index is 3.55. The van der Waals surface area contributed by atoms with Gasteiger partial charge in [-0.2, -0.15) is 0 Å². The first-order valence-corrected chi connectivity index (χ1v) is 8.77. The molecule has 1 fully saturated rings. The number of likely N-dealkylation sites (tertiary alicyclic amines) is 1. The predicted octanol–water partition coefficient (Wildman–Crippen LogP) is 2.82. The lowest BCUT2D eigenvalue weighted by atomic mass is 10.1. The molecule has 0 aromatic rings. The van der Waals surface area contributed by atoms with Crippen LogP contribution in [0.15, 0.2) is 0 Å². The summed E-state index contributed by atoms with van der Waals surface area (Å²) >= 11 is 0. The summed E-state index contributed by atoms with van der Waals surface area (Å²) in [5.41, 5.74) is 0. The molecule has 2 atom stereocenters. The summed E-state index contributed by atoms with van der Waals surface area (Å²) in [6.45, 7) is 18.8. The van der Waals surface area contributed by atoms with E-state index in [1.165, 1.54) is 52.0 Å². The average molecular weight is 284 g/mol. The van der Waals surface area contributed by atoms with Gasteiger partial charge in [0.25, 0.3) is 0 Å². The van der Waals surface area contributed by atoms with Gasteiger partial charge < -0.3 is 5.32 Å². The van der Waals surface area contributed by atoms with Crippen molar-refractivity contribution in [3.63, 3.8) is 0 Å². The highest BCUT2D eigenvalue weighted by Gasteiger charge is 2.28. The zero-order valence-electron chi connectivity index (χ0n) is 14.5. The molecule has 1 rings (SSSR count). The number of hydrogen-bond acceptors (Lipinski definition) is 3. The first-order chi connectivity index (χ1) is 9.58. The van der Waals surface area contributed by atoms with Gasteiger partial charge >= 0.3 is 0 Å². The molecule has 2 unspecified atom stereocenters. The molecule has 3 heteroatoms. The van der Waals surface area contributed by atoms with Crippen molar-refractivity contribution in [3.05, 3.63) is 0 Å². The van der Waals surface area contributed by atoms with E-state index in [0.717, 1.165) is 24.5 Å². The highest BCUT2D eigenvalue weighted by atomic mass is 15.3. The fourth-order valence-electron chi connectivity index (χ4n) is 3.30. The van der Waals surface area contributed by atoms with Crippen LogP contribution < -0.4 is 5.32 Å². The number of nitrogens with zero attached hydrogens (tertiary/aromatic N) is 2. The summed E-state index contributed by atoms with van der Waals surface area (Å²) in [5.74, 6) is 0.765. The largest absolute Gasteiger partial charge is 0.316 e. The van der Waals surface area contributed by atoms with Gasteiger partial charge in [0.1, 0.15) is 0 Å². The molecule has 3 nitrogen and oxygen atoms in total. The van der Waals surface area contributed by atoms with E-state index in [9.17, 15) is 0 Å². The highest BCUT2D eigenvalue weighted by molar-refractivity contribution is 4.85. The second-order valence-electron chi connectivity index (χ2n) is 6.75. The normalized spacial score (nSPS) is 22.1. The standard InChI is InChI=1S/C17H37N3/c1-6-19(7-2)17-10-12-20(14-17)16(5)9-8-11-18-13-15(3)4/h15-18H,6-14H2,1-5H3. The van der Waals surface area contributed by atoms with E-state index in [0.29, 0.717) is 0 Å². The smallest absolute Gasteiger partial charge is 0.0235 e. The minimum Gasteiger partial charge on any atom is -0.316 e. The molecule has 0 bridgehead atoms. The van der Waals surface area contributed by atoms with Crippen molar-refractivity contribution in [2.24, 2.45) is 5.92 Å². The van der Waals surface area contributed by atoms with Crippen molar-refractivity contribution in [1.82, 2.24) is 15.1 Å². The molecule has 0 radical (unpaired) electrons. The van der Waals surface area contributed by atoms with E-state index < -0.39 is 0 Å². The Morgan fingerprint density at radius 3 is 2.50 bits per heavy atom. The summed E-state index contributed by atoms with van der Waals surface area (Å²) in [7, 11) is 0. The molecule has 0 aromatic carbocycles. The maximum Gasteiger partial charge on any atom is 0.0235 e. The second-order valence-corrected chi connectivity index (χ2v) is 6.75. The van der Waals surface area contributed by atoms with Crippen molar-refractivity contribution in [1.29, 1.82) is 0 Å². The monoisotopic (exact) mass is 283 g/mol. The minimum atomic E-state index is 0.747. The van der Waals surface area contributed by atoms with E-state index in [1.54, 1.807) is 0 Å². The van der Waals surface area contributed by atoms with Crippen molar-refractivity contribution >= 4 is 0 Å². The van der Waals surface area contributed by atoms with E-state index in [2.05, 4.69) is 49.7 Å². The number of nitrogens with one attached hydrogen (secondary N) is 1. The van der Waals surface area contributed by atoms with Crippen LogP contribution in [0.4, 0.5) is 0 Å². The van der Waals surface area contributed by atoms with Crippen molar-refractivity contribution in [3.8, 4) is 0 Å². The third-order valence-corrected chi connectivity index (χ3v) is 4.67. The van der Waals surface area contributed by atoms with Gasteiger partial charge in [-0.1, -0.05) is 27.7 Å². The van der Waals surface area contributed by atoms with Crippen LogP contribution in [0.25, 0.3) is 0 Å². The van der Waals surface area contributed by atoms with Crippen molar-refractivity contribution in [2.75, 3.05) is 39.3 Å². The van der Waals surface area contributed by atoms with Gasteiger partial charge in [0.15, 0.2) is 0 Å². The molecule has 0 aromatic heterocycles. The van der Waals surface area contributed by atoms with Crippen molar-refractivity contribution in [2.45, 2.75) is 66.0 Å².